The lowest BCUT2D eigenvalue weighted by atomic mass is 9.99. The average molecular weight is 268 g/mol. The standard InChI is InChI=1S/C12H18ClN5/c1-8-11(13)16-17-12(14-8)15-9-4-5-10-3-2-6-18(10)7-9/h9-10H,2-7H2,1H3,(H,14,15,17). The van der Waals surface area contributed by atoms with Gasteiger partial charge in [0.25, 0.3) is 0 Å². The minimum Gasteiger partial charge on any atom is -0.349 e. The van der Waals surface area contributed by atoms with Crippen LogP contribution in [0.4, 0.5) is 5.95 Å². The first-order valence-electron chi connectivity index (χ1n) is 6.60. The van der Waals surface area contributed by atoms with Gasteiger partial charge in [-0.05, 0) is 39.2 Å². The van der Waals surface area contributed by atoms with E-state index in [1.165, 1.54) is 32.2 Å². The third-order valence-corrected chi connectivity index (χ3v) is 4.29. The van der Waals surface area contributed by atoms with E-state index in [9.17, 15) is 0 Å². The first kappa shape index (κ1) is 12.1. The first-order valence-corrected chi connectivity index (χ1v) is 6.97. The number of aryl methyl sites for hydroxylation is 1. The number of hydrogen-bond donors (Lipinski definition) is 1. The molecule has 3 heterocycles. The first-order chi connectivity index (χ1) is 8.72. The normalized spacial score (nSPS) is 28.1. The van der Waals surface area contributed by atoms with Gasteiger partial charge < -0.3 is 5.32 Å². The Labute approximate surface area is 112 Å². The lowest BCUT2D eigenvalue weighted by molar-refractivity contribution is 0.186. The fraction of sp³-hybridized carbons (Fsp3) is 0.750. The summed E-state index contributed by atoms with van der Waals surface area (Å²) in [6.07, 6.45) is 5.17. The fourth-order valence-corrected chi connectivity index (χ4v) is 3.06. The second-order valence-electron chi connectivity index (χ2n) is 5.22. The van der Waals surface area contributed by atoms with Crippen LogP contribution < -0.4 is 5.32 Å². The van der Waals surface area contributed by atoms with E-state index in [1.54, 1.807) is 0 Å². The Hall–Kier alpha value is -0.940. The summed E-state index contributed by atoms with van der Waals surface area (Å²) in [5, 5.41) is 11.6. The molecule has 18 heavy (non-hydrogen) atoms. The summed E-state index contributed by atoms with van der Waals surface area (Å²) >= 11 is 5.82. The van der Waals surface area contributed by atoms with Crippen molar-refractivity contribution < 1.29 is 0 Å². The van der Waals surface area contributed by atoms with Crippen LogP contribution in [0.25, 0.3) is 0 Å². The van der Waals surface area contributed by atoms with Gasteiger partial charge in [-0.25, -0.2) is 4.98 Å². The maximum atomic E-state index is 5.82. The summed E-state index contributed by atoms with van der Waals surface area (Å²) < 4.78 is 0. The van der Waals surface area contributed by atoms with Crippen molar-refractivity contribution in [2.24, 2.45) is 0 Å². The highest BCUT2D eigenvalue weighted by Crippen LogP contribution is 2.27. The number of anilines is 1. The Balaban J connectivity index is 1.64. The SMILES string of the molecule is Cc1nc(NC2CCC3CCCN3C2)nnc1Cl. The van der Waals surface area contributed by atoms with E-state index in [0.717, 1.165) is 18.3 Å². The second-order valence-corrected chi connectivity index (χ2v) is 5.58. The molecule has 0 radical (unpaired) electrons. The van der Waals surface area contributed by atoms with Gasteiger partial charge in [0, 0.05) is 18.6 Å². The molecule has 0 amide bonds. The molecular formula is C12H18ClN5. The number of nitrogens with zero attached hydrogens (tertiary/aromatic N) is 4. The Morgan fingerprint density at radius 1 is 1.28 bits per heavy atom. The van der Waals surface area contributed by atoms with Crippen LogP contribution in [0.5, 0.6) is 0 Å². The molecule has 2 aliphatic rings. The van der Waals surface area contributed by atoms with E-state index in [0.29, 0.717) is 17.1 Å². The molecule has 2 fully saturated rings. The van der Waals surface area contributed by atoms with Crippen molar-refractivity contribution in [1.82, 2.24) is 20.1 Å². The summed E-state index contributed by atoms with van der Waals surface area (Å²) in [4.78, 5) is 6.90. The summed E-state index contributed by atoms with van der Waals surface area (Å²) in [5.74, 6) is 0.597. The molecule has 2 aliphatic heterocycles. The van der Waals surface area contributed by atoms with E-state index < -0.39 is 0 Å². The third kappa shape index (κ3) is 2.42. The van der Waals surface area contributed by atoms with Crippen LogP contribution in [-0.2, 0) is 0 Å². The lowest BCUT2D eigenvalue weighted by Gasteiger charge is -2.35. The van der Waals surface area contributed by atoms with Crippen LogP contribution in [0.3, 0.4) is 0 Å². The van der Waals surface area contributed by atoms with Crippen LogP contribution in [0, 0.1) is 6.92 Å². The van der Waals surface area contributed by atoms with Gasteiger partial charge in [-0.1, -0.05) is 11.6 Å². The molecule has 0 aromatic carbocycles. The Morgan fingerprint density at radius 3 is 3.00 bits per heavy atom. The van der Waals surface area contributed by atoms with Gasteiger partial charge >= 0.3 is 0 Å². The third-order valence-electron chi connectivity index (χ3n) is 3.94. The van der Waals surface area contributed by atoms with Crippen LogP contribution in [-0.4, -0.2) is 45.3 Å². The Bertz CT molecular complexity index is 438. The van der Waals surface area contributed by atoms with Crippen molar-refractivity contribution >= 4 is 17.5 Å². The second kappa shape index (κ2) is 4.97. The summed E-state index contributed by atoms with van der Waals surface area (Å²) in [5.41, 5.74) is 0.726. The maximum absolute atomic E-state index is 5.82. The average Bonchev–Trinajstić information content (AvgIpc) is 2.81. The van der Waals surface area contributed by atoms with E-state index in [2.05, 4.69) is 25.4 Å². The number of aromatic nitrogens is 3. The number of piperidine rings is 1. The van der Waals surface area contributed by atoms with Crippen molar-refractivity contribution in [1.29, 1.82) is 0 Å². The fourth-order valence-electron chi connectivity index (χ4n) is 2.98. The molecule has 98 valence electrons. The minimum atomic E-state index is 0.379. The van der Waals surface area contributed by atoms with Crippen LogP contribution in [0.1, 0.15) is 31.4 Å². The molecule has 2 saturated heterocycles. The molecule has 6 heteroatoms. The van der Waals surface area contributed by atoms with E-state index in [-0.39, 0.29) is 0 Å². The molecule has 0 saturated carbocycles. The van der Waals surface area contributed by atoms with Crippen molar-refractivity contribution in [2.45, 2.75) is 44.7 Å². The minimum absolute atomic E-state index is 0.379. The summed E-state index contributed by atoms with van der Waals surface area (Å²) in [6, 6.07) is 1.25. The number of hydrogen-bond acceptors (Lipinski definition) is 5. The highest BCUT2D eigenvalue weighted by Gasteiger charge is 2.31. The molecule has 3 rings (SSSR count). The number of nitrogens with one attached hydrogen (secondary N) is 1. The number of halogens is 1. The summed E-state index contributed by atoms with van der Waals surface area (Å²) in [7, 11) is 0. The van der Waals surface area contributed by atoms with Crippen molar-refractivity contribution in [3.05, 3.63) is 10.8 Å². The van der Waals surface area contributed by atoms with E-state index in [4.69, 9.17) is 11.6 Å². The zero-order valence-electron chi connectivity index (χ0n) is 10.6. The van der Waals surface area contributed by atoms with Gasteiger partial charge in [-0.15, -0.1) is 10.2 Å². The molecule has 1 aromatic heterocycles. The van der Waals surface area contributed by atoms with Gasteiger partial charge in [-0.2, -0.15) is 0 Å². The molecule has 0 spiro atoms. The van der Waals surface area contributed by atoms with Gasteiger partial charge in [0.05, 0.1) is 5.69 Å². The molecule has 5 nitrogen and oxygen atoms in total. The van der Waals surface area contributed by atoms with Gasteiger partial charge in [0.2, 0.25) is 5.95 Å². The molecule has 0 aliphatic carbocycles. The van der Waals surface area contributed by atoms with Crippen molar-refractivity contribution in [3.63, 3.8) is 0 Å². The molecule has 2 unspecified atom stereocenters. The molecular weight excluding hydrogens is 250 g/mol. The van der Waals surface area contributed by atoms with Crippen LogP contribution >= 0.6 is 11.6 Å². The van der Waals surface area contributed by atoms with Gasteiger partial charge in [0.15, 0.2) is 5.15 Å². The van der Waals surface area contributed by atoms with Crippen molar-refractivity contribution in [2.75, 3.05) is 18.4 Å². The Kier molecular flexibility index (Phi) is 3.35. The zero-order valence-corrected chi connectivity index (χ0v) is 11.3. The predicted octanol–water partition coefficient (Wildman–Crippen LogP) is 1.87. The molecule has 1 aromatic rings. The predicted molar refractivity (Wildman–Crippen MR) is 70.8 cm³/mol. The Morgan fingerprint density at radius 2 is 2.17 bits per heavy atom. The number of fused-ring (bicyclic) bond motifs is 1. The smallest absolute Gasteiger partial charge is 0.243 e. The molecule has 2 atom stereocenters. The van der Waals surface area contributed by atoms with Crippen LogP contribution in [0.15, 0.2) is 0 Å². The topological polar surface area (TPSA) is 53.9 Å². The summed E-state index contributed by atoms with van der Waals surface area (Å²) in [6.45, 7) is 4.18. The van der Waals surface area contributed by atoms with E-state index >= 15 is 0 Å². The maximum Gasteiger partial charge on any atom is 0.243 e. The van der Waals surface area contributed by atoms with Crippen molar-refractivity contribution in [3.8, 4) is 0 Å². The van der Waals surface area contributed by atoms with Gasteiger partial charge in [-0.3, -0.25) is 4.90 Å². The lowest BCUT2D eigenvalue weighted by Crippen LogP contribution is -2.45. The van der Waals surface area contributed by atoms with E-state index in [1.807, 2.05) is 6.92 Å². The number of rotatable bonds is 2. The van der Waals surface area contributed by atoms with Gasteiger partial charge in [0.1, 0.15) is 0 Å². The largest absolute Gasteiger partial charge is 0.349 e. The highest BCUT2D eigenvalue weighted by atomic mass is 35.5. The monoisotopic (exact) mass is 267 g/mol. The zero-order chi connectivity index (χ0) is 12.5. The van der Waals surface area contributed by atoms with Crippen LogP contribution in [0.2, 0.25) is 5.15 Å². The molecule has 1 N–H and O–H groups in total. The molecule has 0 bridgehead atoms. The highest BCUT2D eigenvalue weighted by molar-refractivity contribution is 6.29. The quantitative estimate of drug-likeness (QED) is 0.887.